The second-order valence-electron chi connectivity index (χ2n) is 6.29. The molecule has 0 spiro atoms. The highest BCUT2D eigenvalue weighted by molar-refractivity contribution is 8.15. The number of nitriles is 1. The number of pyridine rings is 1. The molecule has 0 atom stereocenters. The highest BCUT2D eigenvalue weighted by atomic mass is 32.2. The molecule has 6 nitrogen and oxygen atoms in total. The first-order chi connectivity index (χ1) is 14.8. The summed E-state index contributed by atoms with van der Waals surface area (Å²) in [6, 6.07) is 12.0. The van der Waals surface area contributed by atoms with Gasteiger partial charge in [-0.2, -0.15) is 17.0 Å². The molecule has 3 aromatic rings. The van der Waals surface area contributed by atoms with E-state index in [1.165, 1.54) is 24.2 Å². The molecule has 0 radical (unpaired) electrons. The van der Waals surface area contributed by atoms with Crippen molar-refractivity contribution in [3.8, 4) is 27.9 Å². The maximum absolute atomic E-state index is 9.92. The predicted molar refractivity (Wildman–Crippen MR) is 126 cm³/mol. The van der Waals surface area contributed by atoms with Crippen LogP contribution in [0.4, 0.5) is 0 Å². The quantitative estimate of drug-likeness (QED) is 0.0813. The minimum absolute atomic E-state index is 0.304. The molecule has 0 amide bonds. The van der Waals surface area contributed by atoms with Crippen molar-refractivity contribution in [2.24, 2.45) is 5.11 Å². The standard InChI is InChI=1S/C21H20N6S3/c1-2-3-9-28-14-30-20-18(12-22)17(11-19(26-20)21-24-8-10-29-21)16-6-4-15(5-7-16)13-25-27-23/h4-8,10-11H,2-3,9,13-14H2,1H3. The normalized spacial score (nSPS) is 10.4. The van der Waals surface area contributed by atoms with Gasteiger partial charge in [-0.25, -0.2) is 9.97 Å². The second kappa shape index (κ2) is 11.6. The van der Waals surface area contributed by atoms with E-state index < -0.39 is 0 Å². The van der Waals surface area contributed by atoms with Crippen LogP contribution in [-0.2, 0) is 6.54 Å². The van der Waals surface area contributed by atoms with Crippen LogP contribution in [0.25, 0.3) is 32.3 Å². The fraction of sp³-hybridized carbons (Fsp3) is 0.286. The van der Waals surface area contributed by atoms with Gasteiger partial charge in [0, 0.05) is 27.1 Å². The van der Waals surface area contributed by atoms with Crippen molar-refractivity contribution in [1.82, 2.24) is 9.97 Å². The van der Waals surface area contributed by atoms with Gasteiger partial charge in [0.25, 0.3) is 0 Å². The summed E-state index contributed by atoms with van der Waals surface area (Å²) in [5.41, 5.74) is 12.6. The molecule has 0 saturated heterocycles. The third-order valence-corrected chi connectivity index (χ3v) is 7.33. The first kappa shape index (κ1) is 22.2. The molecule has 9 heteroatoms. The first-order valence-corrected chi connectivity index (χ1v) is 12.4. The second-order valence-corrected chi connectivity index (χ2v) is 9.62. The van der Waals surface area contributed by atoms with Gasteiger partial charge < -0.3 is 0 Å². The van der Waals surface area contributed by atoms with Gasteiger partial charge in [0.05, 0.1) is 12.1 Å². The maximum Gasteiger partial charge on any atom is 0.141 e. The van der Waals surface area contributed by atoms with Crippen molar-refractivity contribution in [1.29, 1.82) is 5.26 Å². The van der Waals surface area contributed by atoms with Gasteiger partial charge in [-0.15, -0.1) is 11.3 Å². The lowest BCUT2D eigenvalue weighted by atomic mass is 10.00. The van der Waals surface area contributed by atoms with E-state index >= 15 is 0 Å². The van der Waals surface area contributed by atoms with E-state index in [1.54, 1.807) is 18.0 Å². The predicted octanol–water partition coefficient (Wildman–Crippen LogP) is 7.14. The molecular weight excluding hydrogens is 432 g/mol. The zero-order chi connectivity index (χ0) is 21.2. The van der Waals surface area contributed by atoms with Crippen LogP contribution in [0.3, 0.4) is 0 Å². The van der Waals surface area contributed by atoms with Gasteiger partial charge in [-0.1, -0.05) is 54.5 Å². The summed E-state index contributed by atoms with van der Waals surface area (Å²) in [5, 5.41) is 17.9. The summed E-state index contributed by atoms with van der Waals surface area (Å²) >= 11 is 5.01. The number of unbranched alkanes of at least 4 members (excludes halogenated alkanes) is 1. The van der Waals surface area contributed by atoms with Crippen molar-refractivity contribution in [2.75, 3.05) is 10.8 Å². The molecular formula is C21H20N6S3. The van der Waals surface area contributed by atoms with Gasteiger partial charge in [-0.05, 0) is 34.9 Å². The van der Waals surface area contributed by atoms with Gasteiger partial charge in [0.2, 0.25) is 0 Å². The number of azide groups is 1. The number of thiazole rings is 1. The minimum atomic E-state index is 0.304. The minimum Gasteiger partial charge on any atom is -0.243 e. The Bertz CT molecular complexity index is 1050. The number of thioether (sulfide) groups is 2. The largest absolute Gasteiger partial charge is 0.243 e. The molecule has 0 aliphatic carbocycles. The van der Waals surface area contributed by atoms with Crippen LogP contribution in [0, 0.1) is 11.3 Å². The van der Waals surface area contributed by atoms with Crippen LogP contribution in [0.2, 0.25) is 0 Å². The molecule has 30 heavy (non-hydrogen) atoms. The van der Waals surface area contributed by atoms with Crippen LogP contribution in [0.15, 0.2) is 52.0 Å². The third kappa shape index (κ3) is 5.77. The van der Waals surface area contributed by atoms with Crippen LogP contribution in [-0.4, -0.2) is 20.8 Å². The molecule has 3 rings (SSSR count). The molecule has 2 heterocycles. The molecule has 0 bridgehead atoms. The summed E-state index contributed by atoms with van der Waals surface area (Å²) in [5.74, 6) is 1.11. The molecule has 1 aromatic carbocycles. The van der Waals surface area contributed by atoms with Gasteiger partial charge >= 0.3 is 0 Å². The molecule has 0 aliphatic rings. The fourth-order valence-electron chi connectivity index (χ4n) is 2.73. The molecule has 152 valence electrons. The van der Waals surface area contributed by atoms with E-state index in [-0.39, 0.29) is 0 Å². The summed E-state index contributed by atoms with van der Waals surface area (Å²) < 4.78 is 0. The Morgan fingerprint density at radius 1 is 1.30 bits per heavy atom. The summed E-state index contributed by atoms with van der Waals surface area (Å²) in [7, 11) is 0. The Kier molecular flexibility index (Phi) is 8.60. The number of rotatable bonds is 10. The van der Waals surface area contributed by atoms with Gasteiger partial charge in [-0.3, -0.25) is 0 Å². The molecule has 0 aliphatic heterocycles. The van der Waals surface area contributed by atoms with Gasteiger partial charge in [0.15, 0.2) is 0 Å². The zero-order valence-corrected chi connectivity index (χ0v) is 18.9. The van der Waals surface area contributed by atoms with Crippen molar-refractivity contribution < 1.29 is 0 Å². The Morgan fingerprint density at radius 2 is 2.13 bits per heavy atom. The highest BCUT2D eigenvalue weighted by Crippen LogP contribution is 2.35. The topological polar surface area (TPSA) is 98.3 Å². The fourth-order valence-corrected chi connectivity index (χ4v) is 5.53. The maximum atomic E-state index is 9.92. The Morgan fingerprint density at radius 3 is 2.80 bits per heavy atom. The monoisotopic (exact) mass is 452 g/mol. The summed E-state index contributed by atoms with van der Waals surface area (Å²) in [6.07, 6.45) is 4.13. The lowest BCUT2D eigenvalue weighted by Gasteiger charge is -2.12. The molecule has 0 saturated carbocycles. The Balaban J connectivity index is 1.97. The van der Waals surface area contributed by atoms with E-state index in [0.717, 1.165) is 43.3 Å². The van der Waals surface area contributed by atoms with Crippen LogP contribution in [0.1, 0.15) is 30.9 Å². The Hall–Kier alpha value is -2.50. The number of hydrogen-bond acceptors (Lipinski definition) is 7. The van der Waals surface area contributed by atoms with Gasteiger partial charge in [0.1, 0.15) is 21.8 Å². The van der Waals surface area contributed by atoms with Crippen LogP contribution >= 0.6 is 34.9 Å². The molecule has 2 aromatic heterocycles. The SMILES string of the molecule is CCCCSCSc1nc(-c2nccs2)cc(-c2ccc(CN=[N+]=[N-])cc2)c1C#N. The number of benzene rings is 1. The van der Waals surface area contributed by atoms with E-state index in [1.807, 2.05) is 47.5 Å². The first-order valence-electron chi connectivity index (χ1n) is 9.42. The molecule has 0 unspecified atom stereocenters. The molecule has 0 fully saturated rings. The van der Waals surface area contributed by atoms with Crippen molar-refractivity contribution in [3.63, 3.8) is 0 Å². The molecule has 0 N–H and O–H groups in total. The van der Waals surface area contributed by atoms with E-state index in [2.05, 4.69) is 28.0 Å². The number of nitrogens with zero attached hydrogens (tertiary/aromatic N) is 6. The van der Waals surface area contributed by atoms with Crippen LogP contribution in [0.5, 0.6) is 0 Å². The zero-order valence-electron chi connectivity index (χ0n) is 16.5. The van der Waals surface area contributed by atoms with E-state index in [0.29, 0.717) is 12.1 Å². The third-order valence-electron chi connectivity index (χ3n) is 4.25. The highest BCUT2D eigenvalue weighted by Gasteiger charge is 2.17. The van der Waals surface area contributed by atoms with Crippen LogP contribution < -0.4 is 0 Å². The van der Waals surface area contributed by atoms with Crippen molar-refractivity contribution >= 4 is 34.9 Å². The average Bonchev–Trinajstić information content (AvgIpc) is 3.32. The lowest BCUT2D eigenvalue weighted by molar-refractivity contribution is 0.897. The number of aromatic nitrogens is 2. The lowest BCUT2D eigenvalue weighted by Crippen LogP contribution is -1.96. The average molecular weight is 453 g/mol. The van der Waals surface area contributed by atoms with E-state index in [4.69, 9.17) is 10.5 Å². The summed E-state index contributed by atoms with van der Waals surface area (Å²) in [6.45, 7) is 2.49. The summed E-state index contributed by atoms with van der Waals surface area (Å²) in [4.78, 5) is 12.0. The van der Waals surface area contributed by atoms with Crippen molar-refractivity contribution in [2.45, 2.75) is 31.3 Å². The van der Waals surface area contributed by atoms with E-state index in [9.17, 15) is 5.26 Å². The number of hydrogen-bond donors (Lipinski definition) is 0. The van der Waals surface area contributed by atoms with Crippen molar-refractivity contribution in [3.05, 3.63) is 63.5 Å². The smallest absolute Gasteiger partial charge is 0.141 e. The Labute approximate surface area is 188 Å².